The van der Waals surface area contributed by atoms with Crippen molar-refractivity contribution in [3.8, 4) is 23.1 Å². The molecular formula is C27H28F3NO7. The molecule has 2 aromatic carbocycles. The summed E-state index contributed by atoms with van der Waals surface area (Å²) in [7, 11) is 3.69. The Morgan fingerprint density at radius 1 is 1.03 bits per heavy atom. The number of aromatic nitrogens is 1. The average Bonchev–Trinajstić information content (AvgIpc) is 3.37. The molecule has 1 aromatic heterocycles. The fourth-order valence-corrected chi connectivity index (χ4v) is 4.48. The van der Waals surface area contributed by atoms with Gasteiger partial charge in [-0.05, 0) is 18.1 Å². The zero-order chi connectivity index (χ0) is 27.7. The van der Waals surface area contributed by atoms with Gasteiger partial charge in [0, 0.05) is 24.5 Å². The van der Waals surface area contributed by atoms with E-state index >= 15 is 0 Å². The van der Waals surface area contributed by atoms with Gasteiger partial charge in [0.1, 0.15) is 17.4 Å². The van der Waals surface area contributed by atoms with Crippen LogP contribution in [0.25, 0.3) is 10.9 Å². The maximum Gasteiger partial charge on any atom is 0.432 e. The first kappa shape index (κ1) is 27.3. The van der Waals surface area contributed by atoms with Crippen molar-refractivity contribution in [1.29, 1.82) is 0 Å². The predicted molar refractivity (Wildman–Crippen MR) is 131 cm³/mol. The van der Waals surface area contributed by atoms with E-state index in [0.717, 1.165) is 7.11 Å². The monoisotopic (exact) mass is 535 g/mol. The molecule has 0 N–H and O–H groups in total. The molecule has 204 valence electrons. The molecule has 1 aliphatic heterocycles. The molecule has 0 saturated carbocycles. The summed E-state index contributed by atoms with van der Waals surface area (Å²) in [6.45, 7) is 3.50. The number of carbonyl (C=O) groups excluding carboxylic acids is 1. The van der Waals surface area contributed by atoms with Gasteiger partial charge < -0.3 is 28.4 Å². The van der Waals surface area contributed by atoms with Gasteiger partial charge in [0.25, 0.3) is 5.60 Å². The van der Waals surface area contributed by atoms with Gasteiger partial charge in [0.05, 0.1) is 19.8 Å². The third-order valence-corrected chi connectivity index (χ3v) is 6.48. The molecule has 2 heterocycles. The van der Waals surface area contributed by atoms with Crippen molar-refractivity contribution in [2.24, 2.45) is 5.92 Å². The largest absolute Gasteiger partial charge is 0.496 e. The fraction of sp³-hybridized carbons (Fsp3) is 0.407. The molecule has 2 atom stereocenters. The molecule has 0 fully saturated rings. The van der Waals surface area contributed by atoms with Gasteiger partial charge >= 0.3 is 12.1 Å². The van der Waals surface area contributed by atoms with Gasteiger partial charge in [0.15, 0.2) is 11.5 Å². The van der Waals surface area contributed by atoms with Crippen molar-refractivity contribution in [3.63, 3.8) is 0 Å². The lowest BCUT2D eigenvalue weighted by Gasteiger charge is -2.34. The van der Waals surface area contributed by atoms with E-state index in [1.165, 1.54) is 38.5 Å². The van der Waals surface area contributed by atoms with Gasteiger partial charge in [-0.2, -0.15) is 13.2 Å². The number of esters is 1. The van der Waals surface area contributed by atoms with E-state index in [2.05, 4.69) is 4.98 Å². The molecule has 0 spiro atoms. The van der Waals surface area contributed by atoms with Crippen LogP contribution in [0.5, 0.6) is 23.1 Å². The molecule has 0 radical (unpaired) electrons. The van der Waals surface area contributed by atoms with Gasteiger partial charge in [0.2, 0.25) is 12.7 Å². The molecule has 4 rings (SSSR count). The fourth-order valence-electron chi connectivity index (χ4n) is 4.48. The van der Waals surface area contributed by atoms with E-state index in [9.17, 15) is 18.0 Å². The number of nitrogens with zero attached hydrogens (tertiary/aromatic N) is 1. The van der Waals surface area contributed by atoms with E-state index in [4.69, 9.17) is 28.4 Å². The van der Waals surface area contributed by atoms with E-state index in [1.54, 1.807) is 32.0 Å². The summed E-state index contributed by atoms with van der Waals surface area (Å²) in [5.74, 6) is -0.511. The first-order chi connectivity index (χ1) is 18.1. The number of halogens is 3. The molecule has 38 heavy (non-hydrogen) atoms. The minimum Gasteiger partial charge on any atom is -0.496 e. The number of hydrogen-bond donors (Lipinski definition) is 0. The number of alkyl halides is 3. The summed E-state index contributed by atoms with van der Waals surface area (Å²) in [5.41, 5.74) is -2.84. The Balaban J connectivity index is 1.76. The predicted octanol–water partition coefficient (Wildman–Crippen LogP) is 5.20. The van der Waals surface area contributed by atoms with E-state index < -0.39 is 23.9 Å². The highest BCUT2D eigenvalue weighted by Gasteiger charge is 2.64. The molecule has 0 amide bonds. The molecule has 11 heteroatoms. The minimum absolute atomic E-state index is 0.0375. The number of methoxy groups -OCH3 is 3. The summed E-state index contributed by atoms with van der Waals surface area (Å²) in [5, 5.41) is 0.576. The van der Waals surface area contributed by atoms with Crippen molar-refractivity contribution in [2.45, 2.75) is 38.1 Å². The van der Waals surface area contributed by atoms with E-state index in [1.807, 2.05) is 0 Å². The molecular weight excluding hydrogens is 507 g/mol. The van der Waals surface area contributed by atoms with Crippen LogP contribution < -0.4 is 18.9 Å². The van der Waals surface area contributed by atoms with Crippen LogP contribution in [0.3, 0.4) is 0 Å². The number of pyridine rings is 1. The Morgan fingerprint density at radius 2 is 1.74 bits per heavy atom. The van der Waals surface area contributed by atoms with Crippen LogP contribution in [0.1, 0.15) is 25.0 Å². The number of ether oxygens (including phenoxy) is 6. The smallest absolute Gasteiger partial charge is 0.432 e. The van der Waals surface area contributed by atoms with Crippen molar-refractivity contribution in [3.05, 3.63) is 53.6 Å². The highest BCUT2D eigenvalue weighted by molar-refractivity contribution is 5.94. The number of benzene rings is 2. The van der Waals surface area contributed by atoms with Crippen LogP contribution in [-0.4, -0.2) is 51.4 Å². The molecule has 8 nitrogen and oxygen atoms in total. The summed E-state index contributed by atoms with van der Waals surface area (Å²) >= 11 is 0. The maximum atomic E-state index is 14.4. The average molecular weight is 536 g/mol. The van der Waals surface area contributed by atoms with Crippen LogP contribution in [0.2, 0.25) is 0 Å². The molecule has 3 aromatic rings. The number of hydrogen-bond acceptors (Lipinski definition) is 8. The second-order valence-corrected chi connectivity index (χ2v) is 8.97. The molecule has 0 bridgehead atoms. The van der Waals surface area contributed by atoms with Gasteiger partial charge in [-0.3, -0.25) is 0 Å². The molecule has 0 unspecified atom stereocenters. The topological polar surface area (TPSA) is 85.3 Å². The van der Waals surface area contributed by atoms with Crippen LogP contribution >= 0.6 is 0 Å². The number of rotatable bonds is 9. The second kappa shape index (κ2) is 10.6. The summed E-state index contributed by atoms with van der Waals surface area (Å²) in [6.07, 6.45) is -6.15. The Morgan fingerprint density at radius 3 is 2.32 bits per heavy atom. The Labute approximate surface area is 217 Å². The molecule has 0 saturated heterocycles. The standard InChI is InChI=1S/C27H28F3NO7/c1-15(2)20(38-25(32)26(35-5,27(28,29)30)16-9-7-6-8-10-16)13-18-22(33-3)17-11-12-19-23(37-14-36-19)21(17)31-24(18)34-4/h6-12,15,20H,13-14H2,1-5H3/t20-,26+/m1/s1. The van der Waals surface area contributed by atoms with Crippen molar-refractivity contribution < 1.29 is 46.4 Å². The lowest BCUT2D eigenvalue weighted by atomic mass is 9.92. The number of carbonyl (C=O) groups is 1. The Bertz CT molecular complexity index is 1310. The summed E-state index contributed by atoms with van der Waals surface area (Å²) in [6, 6.07) is 10.1. The van der Waals surface area contributed by atoms with Crippen LogP contribution in [0.4, 0.5) is 13.2 Å². The highest BCUT2D eigenvalue weighted by Crippen LogP contribution is 2.46. The first-order valence-electron chi connectivity index (χ1n) is 11.8. The number of fused-ring (bicyclic) bond motifs is 3. The summed E-state index contributed by atoms with van der Waals surface area (Å²) in [4.78, 5) is 17.9. The third-order valence-electron chi connectivity index (χ3n) is 6.48. The summed E-state index contributed by atoms with van der Waals surface area (Å²) < 4.78 is 75.9. The van der Waals surface area contributed by atoms with Crippen molar-refractivity contribution in [2.75, 3.05) is 28.1 Å². The van der Waals surface area contributed by atoms with Gasteiger partial charge in [-0.1, -0.05) is 44.2 Å². The quantitative estimate of drug-likeness (QED) is 0.346. The zero-order valence-corrected chi connectivity index (χ0v) is 21.5. The van der Waals surface area contributed by atoms with Crippen LogP contribution in [0.15, 0.2) is 42.5 Å². The normalized spacial score (nSPS) is 15.3. The molecule has 0 aliphatic carbocycles. The highest BCUT2D eigenvalue weighted by atomic mass is 19.4. The second-order valence-electron chi connectivity index (χ2n) is 8.97. The van der Waals surface area contributed by atoms with Crippen molar-refractivity contribution >= 4 is 16.9 Å². The molecule has 1 aliphatic rings. The maximum absolute atomic E-state index is 14.4. The van der Waals surface area contributed by atoms with Gasteiger partial charge in [-0.25, -0.2) is 9.78 Å². The lowest BCUT2D eigenvalue weighted by Crippen LogP contribution is -2.53. The minimum atomic E-state index is -5.09. The van der Waals surface area contributed by atoms with E-state index in [-0.39, 0.29) is 30.6 Å². The third kappa shape index (κ3) is 4.55. The van der Waals surface area contributed by atoms with Gasteiger partial charge in [-0.15, -0.1) is 0 Å². The SMILES string of the molecule is COc1nc2c3c(ccc2c(OC)c1C[C@@H](OC(=O)[C@@](OC)(c1ccccc1)C(F)(F)F)C(C)C)OCO3. The van der Waals surface area contributed by atoms with Crippen LogP contribution in [-0.2, 0) is 26.3 Å². The first-order valence-corrected chi connectivity index (χ1v) is 11.8. The Kier molecular flexibility index (Phi) is 7.59. The lowest BCUT2D eigenvalue weighted by molar-refractivity contribution is -0.278. The Hall–Kier alpha value is -3.73. The van der Waals surface area contributed by atoms with Crippen molar-refractivity contribution in [1.82, 2.24) is 4.98 Å². The van der Waals surface area contributed by atoms with Crippen LogP contribution in [0, 0.1) is 5.92 Å². The zero-order valence-electron chi connectivity index (χ0n) is 21.5. The van der Waals surface area contributed by atoms with E-state index in [0.29, 0.717) is 33.7 Å².